The molecule has 2 aromatic carbocycles. The van der Waals surface area contributed by atoms with Crippen LogP contribution in [0.25, 0.3) is 0 Å². The Kier molecular flexibility index (Phi) is 8.61. The van der Waals surface area contributed by atoms with Gasteiger partial charge < -0.3 is 23.7 Å². The molecule has 2 atom stereocenters. The number of phenolic OH excluding ortho intramolecular Hbond substituents is 1. The minimum atomic E-state index is -2.31. The molecule has 210 valence electrons. The zero-order valence-electron chi connectivity index (χ0n) is 24.6. The maximum atomic E-state index is 13.4. The zero-order valence-corrected chi connectivity index (χ0v) is 25.6. The Morgan fingerprint density at radius 1 is 1.11 bits per heavy atom. The van der Waals surface area contributed by atoms with Crippen LogP contribution >= 0.6 is 0 Å². The molecule has 3 rings (SSSR count). The molecule has 2 aromatic rings. The molecule has 1 saturated heterocycles. The lowest BCUT2D eigenvalue weighted by Gasteiger charge is -2.43. The Hall–Kier alpha value is -2.55. The molecule has 0 aliphatic carbocycles. The zero-order chi connectivity index (χ0) is 28.5. The van der Waals surface area contributed by atoms with Crippen LogP contribution in [0.5, 0.6) is 11.5 Å². The number of nitrogens with zero attached hydrogens (tertiary/aromatic N) is 1. The number of phenols is 1. The minimum absolute atomic E-state index is 0.0178. The highest BCUT2D eigenvalue weighted by Crippen LogP contribution is 2.45. The lowest BCUT2D eigenvalue weighted by Crippen LogP contribution is -2.53. The van der Waals surface area contributed by atoms with Crippen molar-refractivity contribution in [2.75, 3.05) is 6.61 Å². The van der Waals surface area contributed by atoms with E-state index in [1.54, 1.807) is 17.0 Å². The van der Waals surface area contributed by atoms with Gasteiger partial charge in [0.25, 0.3) is 0 Å². The molecule has 0 radical (unpaired) electrons. The highest BCUT2D eigenvalue weighted by molar-refractivity contribution is 6.74. The molecule has 8 heteroatoms. The number of carbonyl (C=O) groups is 1. The number of benzene rings is 2. The predicted molar refractivity (Wildman–Crippen MR) is 152 cm³/mol. The molecule has 0 saturated carbocycles. The molecule has 1 fully saturated rings. The van der Waals surface area contributed by atoms with Crippen molar-refractivity contribution >= 4 is 14.4 Å². The lowest BCUT2D eigenvalue weighted by atomic mass is 10.0. The van der Waals surface area contributed by atoms with Gasteiger partial charge in [-0.3, -0.25) is 4.90 Å². The molecular formula is C30H45NO6Si. The molecule has 0 aromatic heterocycles. The second-order valence-corrected chi connectivity index (χ2v) is 17.7. The molecule has 38 heavy (non-hydrogen) atoms. The van der Waals surface area contributed by atoms with E-state index in [1.165, 1.54) is 0 Å². The second-order valence-electron chi connectivity index (χ2n) is 13.0. The van der Waals surface area contributed by atoms with Gasteiger partial charge in [-0.25, -0.2) is 4.79 Å². The summed E-state index contributed by atoms with van der Waals surface area (Å²) < 4.78 is 24.8. The monoisotopic (exact) mass is 543 g/mol. The van der Waals surface area contributed by atoms with E-state index in [2.05, 4.69) is 33.9 Å². The number of carbonyl (C=O) groups excluding carboxylic acids is 1. The van der Waals surface area contributed by atoms with Gasteiger partial charge in [0, 0.05) is 0 Å². The van der Waals surface area contributed by atoms with Crippen LogP contribution in [0.1, 0.15) is 72.6 Å². The average Bonchev–Trinajstić information content (AvgIpc) is 3.10. The summed E-state index contributed by atoms with van der Waals surface area (Å²) in [6, 6.07) is 14.7. The van der Waals surface area contributed by atoms with E-state index in [-0.39, 0.29) is 17.4 Å². The molecule has 1 heterocycles. The van der Waals surface area contributed by atoms with Crippen LogP contribution in [0.15, 0.2) is 48.5 Å². The van der Waals surface area contributed by atoms with Gasteiger partial charge in [-0.15, -0.1) is 0 Å². The molecule has 0 spiro atoms. The van der Waals surface area contributed by atoms with Gasteiger partial charge in [0.1, 0.15) is 17.9 Å². The first-order valence-corrected chi connectivity index (χ1v) is 16.2. The van der Waals surface area contributed by atoms with E-state index in [1.807, 2.05) is 71.0 Å². The Bertz CT molecular complexity index is 1100. The fraction of sp³-hybridized carbons (Fsp3) is 0.567. The number of hydrogen-bond acceptors (Lipinski definition) is 6. The van der Waals surface area contributed by atoms with Gasteiger partial charge in [-0.05, 0) is 76.0 Å². The van der Waals surface area contributed by atoms with Crippen molar-refractivity contribution < 1.29 is 28.5 Å². The fourth-order valence-electron chi connectivity index (χ4n) is 4.15. The highest BCUT2D eigenvalue weighted by Gasteiger charge is 2.51. The minimum Gasteiger partial charge on any atom is -0.504 e. The van der Waals surface area contributed by atoms with E-state index >= 15 is 0 Å². The Morgan fingerprint density at radius 2 is 1.74 bits per heavy atom. The molecule has 0 unspecified atom stereocenters. The number of amides is 1. The van der Waals surface area contributed by atoms with Crippen molar-refractivity contribution in [3.8, 4) is 11.5 Å². The first-order chi connectivity index (χ1) is 17.4. The summed E-state index contributed by atoms with van der Waals surface area (Å²) in [4.78, 5) is 15.1. The van der Waals surface area contributed by atoms with Gasteiger partial charge in [0.15, 0.2) is 19.8 Å². The molecule has 1 N–H and O–H groups in total. The predicted octanol–water partition coefficient (Wildman–Crippen LogP) is 7.41. The van der Waals surface area contributed by atoms with E-state index in [0.29, 0.717) is 12.4 Å². The third-order valence-electron chi connectivity index (χ3n) is 7.24. The maximum absolute atomic E-state index is 13.4. The van der Waals surface area contributed by atoms with Crippen molar-refractivity contribution in [1.82, 2.24) is 4.90 Å². The maximum Gasteiger partial charge on any atom is 0.413 e. The first-order valence-electron chi connectivity index (χ1n) is 13.2. The summed E-state index contributed by atoms with van der Waals surface area (Å²) in [7, 11) is -2.31. The number of aromatic hydroxyl groups is 1. The molecule has 1 aliphatic heterocycles. The Labute approximate surface area is 229 Å². The standard InChI is InChI=1S/C30H45NO6Si/c1-28(2,3)36-27(33)31-23(20-35-30(31,7)8)26(37-38(9,10)29(4,5)6)22-16-17-25(24(32)18-22)34-19-21-14-12-11-13-15-21/h11-18,23,26,32H,19-20H2,1-10H3/t23-,26-/m1/s1. The van der Waals surface area contributed by atoms with E-state index in [4.69, 9.17) is 18.6 Å². The summed E-state index contributed by atoms with van der Waals surface area (Å²) in [5.41, 5.74) is 0.210. The van der Waals surface area contributed by atoms with Crippen molar-refractivity contribution in [2.45, 2.75) is 104 Å². The van der Waals surface area contributed by atoms with Crippen molar-refractivity contribution in [1.29, 1.82) is 0 Å². The third-order valence-corrected chi connectivity index (χ3v) is 11.7. The van der Waals surface area contributed by atoms with Gasteiger partial charge in [0.05, 0.1) is 18.8 Å². The van der Waals surface area contributed by atoms with E-state index in [0.717, 1.165) is 11.1 Å². The van der Waals surface area contributed by atoms with Crippen LogP contribution in [0, 0.1) is 0 Å². The molecule has 7 nitrogen and oxygen atoms in total. The summed E-state index contributed by atoms with van der Waals surface area (Å²) in [5, 5.41) is 10.9. The van der Waals surface area contributed by atoms with E-state index in [9.17, 15) is 9.90 Å². The Morgan fingerprint density at radius 3 is 2.29 bits per heavy atom. The quantitative estimate of drug-likeness (QED) is 0.367. The lowest BCUT2D eigenvalue weighted by molar-refractivity contribution is -0.0673. The topological polar surface area (TPSA) is 77.5 Å². The van der Waals surface area contributed by atoms with Crippen LogP contribution in [0.4, 0.5) is 4.79 Å². The highest BCUT2D eigenvalue weighted by atomic mass is 28.4. The van der Waals surface area contributed by atoms with Crippen molar-refractivity contribution in [3.63, 3.8) is 0 Å². The van der Waals surface area contributed by atoms with Gasteiger partial charge in [-0.1, -0.05) is 57.2 Å². The largest absolute Gasteiger partial charge is 0.504 e. The average molecular weight is 544 g/mol. The summed E-state index contributed by atoms with van der Waals surface area (Å²) in [6.45, 7) is 20.8. The van der Waals surface area contributed by atoms with Gasteiger partial charge in [0.2, 0.25) is 0 Å². The number of hydrogen-bond donors (Lipinski definition) is 1. The number of rotatable bonds is 7. The molecular weight excluding hydrogens is 498 g/mol. The van der Waals surface area contributed by atoms with Crippen LogP contribution in [-0.2, 0) is 20.5 Å². The van der Waals surface area contributed by atoms with Crippen LogP contribution in [-0.4, -0.2) is 48.4 Å². The SMILES string of the molecule is CC(C)(C)OC(=O)N1[C@@H]([C@H](O[Si](C)(C)C(C)(C)C)c2ccc(OCc3ccccc3)c(O)c2)COC1(C)C. The third kappa shape index (κ3) is 7.10. The second kappa shape index (κ2) is 10.9. The fourth-order valence-corrected chi connectivity index (χ4v) is 5.44. The molecule has 1 aliphatic rings. The molecule has 0 bridgehead atoms. The smallest absolute Gasteiger partial charge is 0.413 e. The summed E-state index contributed by atoms with van der Waals surface area (Å²) >= 11 is 0. The van der Waals surface area contributed by atoms with Crippen LogP contribution < -0.4 is 4.74 Å². The van der Waals surface area contributed by atoms with Crippen LogP contribution in [0.2, 0.25) is 18.1 Å². The molecule has 1 amide bonds. The Balaban J connectivity index is 1.98. The normalized spacial score (nSPS) is 18.8. The summed E-state index contributed by atoms with van der Waals surface area (Å²) in [6.07, 6.45) is -1.000. The number of ether oxygens (including phenoxy) is 3. The summed E-state index contributed by atoms with van der Waals surface area (Å²) in [5.74, 6) is 0.403. The van der Waals surface area contributed by atoms with Crippen LogP contribution in [0.3, 0.4) is 0 Å². The first kappa shape index (κ1) is 30.0. The van der Waals surface area contributed by atoms with Gasteiger partial charge >= 0.3 is 6.09 Å². The van der Waals surface area contributed by atoms with Crippen molar-refractivity contribution in [2.24, 2.45) is 0 Å². The van der Waals surface area contributed by atoms with Crippen molar-refractivity contribution in [3.05, 3.63) is 59.7 Å². The van der Waals surface area contributed by atoms with E-state index < -0.39 is 37.9 Å². The van der Waals surface area contributed by atoms with Gasteiger partial charge in [-0.2, -0.15) is 0 Å².